The first-order valence-corrected chi connectivity index (χ1v) is 10.8. The number of hydrogen-bond donors (Lipinski definition) is 1. The Morgan fingerprint density at radius 1 is 0.964 bits per heavy atom. The molecule has 0 aliphatic carbocycles. The van der Waals surface area contributed by atoms with Crippen LogP contribution in [0.5, 0.6) is 0 Å². The molecule has 5 nitrogen and oxygen atoms in total. The Kier molecular flexibility index (Phi) is 6.16. The second-order valence-electron chi connectivity index (χ2n) is 6.22. The molecule has 0 unspecified atom stereocenters. The van der Waals surface area contributed by atoms with Crippen molar-refractivity contribution in [1.82, 2.24) is 0 Å². The summed E-state index contributed by atoms with van der Waals surface area (Å²) in [6.45, 7) is 1.58. The molecule has 7 heteroatoms. The molecule has 0 aliphatic heterocycles. The number of rotatable bonds is 6. The molecule has 3 aromatic rings. The number of nitrogens with zero attached hydrogens (tertiary/aromatic N) is 1. The fraction of sp³-hybridized carbons (Fsp3) is 0.0952. The van der Waals surface area contributed by atoms with Crippen LogP contribution >= 0.6 is 15.9 Å². The molecule has 0 spiro atoms. The fourth-order valence-corrected chi connectivity index (χ4v) is 4.48. The molecule has 3 rings (SSSR count). The molecule has 0 saturated heterocycles. The van der Waals surface area contributed by atoms with Crippen molar-refractivity contribution in [3.63, 3.8) is 0 Å². The van der Waals surface area contributed by atoms with Gasteiger partial charge in [0.05, 0.1) is 10.6 Å². The van der Waals surface area contributed by atoms with Crippen molar-refractivity contribution >= 4 is 43.2 Å². The van der Waals surface area contributed by atoms with Gasteiger partial charge >= 0.3 is 0 Å². The normalized spacial score (nSPS) is 11.1. The minimum Gasteiger partial charge on any atom is -0.324 e. The number of nitrogens with one attached hydrogen (secondary N) is 1. The quantitative estimate of drug-likeness (QED) is 0.587. The van der Waals surface area contributed by atoms with Crippen LogP contribution in [0, 0.1) is 6.92 Å². The van der Waals surface area contributed by atoms with Crippen molar-refractivity contribution in [2.24, 2.45) is 0 Å². The zero-order chi connectivity index (χ0) is 20.1. The topological polar surface area (TPSA) is 66.5 Å². The smallest absolute Gasteiger partial charge is 0.264 e. The zero-order valence-electron chi connectivity index (χ0n) is 15.2. The van der Waals surface area contributed by atoms with E-state index in [0.29, 0.717) is 11.4 Å². The highest BCUT2D eigenvalue weighted by Crippen LogP contribution is 2.24. The Hall–Kier alpha value is -2.64. The molecule has 144 valence electrons. The second-order valence-corrected chi connectivity index (χ2v) is 9.00. The largest absolute Gasteiger partial charge is 0.324 e. The number of benzene rings is 3. The number of carbonyl (C=O) groups is 1. The van der Waals surface area contributed by atoms with E-state index in [9.17, 15) is 13.2 Å². The molecule has 0 atom stereocenters. The van der Waals surface area contributed by atoms with Crippen molar-refractivity contribution in [3.8, 4) is 0 Å². The molecular formula is C21H19BrN2O3S. The maximum Gasteiger partial charge on any atom is 0.264 e. The third kappa shape index (κ3) is 4.79. The van der Waals surface area contributed by atoms with Gasteiger partial charge in [0.15, 0.2) is 0 Å². The van der Waals surface area contributed by atoms with Crippen LogP contribution in [-0.2, 0) is 14.8 Å². The SMILES string of the molecule is Cc1ccc(N(CC(=O)Nc2cccc(Br)c2)S(=O)(=O)c2ccccc2)cc1. The lowest BCUT2D eigenvalue weighted by Gasteiger charge is -2.24. The van der Waals surface area contributed by atoms with Crippen LogP contribution in [-0.4, -0.2) is 20.9 Å². The van der Waals surface area contributed by atoms with Gasteiger partial charge in [0.1, 0.15) is 6.54 Å². The first-order valence-electron chi connectivity index (χ1n) is 8.56. The highest BCUT2D eigenvalue weighted by molar-refractivity contribution is 9.10. The molecule has 0 aliphatic rings. The Labute approximate surface area is 173 Å². The molecule has 0 bridgehead atoms. The van der Waals surface area contributed by atoms with E-state index in [2.05, 4.69) is 21.2 Å². The van der Waals surface area contributed by atoms with Gasteiger partial charge in [-0.3, -0.25) is 9.10 Å². The summed E-state index contributed by atoms with van der Waals surface area (Å²) in [7, 11) is -3.90. The predicted octanol–water partition coefficient (Wildman–Crippen LogP) is 4.59. The highest BCUT2D eigenvalue weighted by Gasteiger charge is 2.27. The van der Waals surface area contributed by atoms with E-state index in [1.54, 1.807) is 48.5 Å². The van der Waals surface area contributed by atoms with E-state index in [1.807, 2.05) is 25.1 Å². The number of hydrogen-bond acceptors (Lipinski definition) is 3. The van der Waals surface area contributed by atoms with Crippen LogP contribution in [0.3, 0.4) is 0 Å². The Balaban J connectivity index is 1.92. The maximum atomic E-state index is 13.2. The lowest BCUT2D eigenvalue weighted by atomic mass is 10.2. The third-order valence-corrected chi connectivity index (χ3v) is 6.33. The molecule has 3 aromatic carbocycles. The average Bonchev–Trinajstić information content (AvgIpc) is 2.67. The summed E-state index contributed by atoms with van der Waals surface area (Å²) in [5.41, 5.74) is 2.01. The van der Waals surface area contributed by atoms with Gasteiger partial charge in [0.25, 0.3) is 10.0 Å². The van der Waals surface area contributed by atoms with E-state index < -0.39 is 15.9 Å². The lowest BCUT2D eigenvalue weighted by molar-refractivity contribution is -0.114. The van der Waals surface area contributed by atoms with Gasteiger partial charge in [-0.15, -0.1) is 0 Å². The van der Waals surface area contributed by atoms with E-state index in [1.165, 1.54) is 12.1 Å². The molecule has 28 heavy (non-hydrogen) atoms. The molecular weight excluding hydrogens is 440 g/mol. The van der Waals surface area contributed by atoms with E-state index in [-0.39, 0.29) is 11.4 Å². The number of anilines is 2. The van der Waals surface area contributed by atoms with E-state index >= 15 is 0 Å². The lowest BCUT2D eigenvalue weighted by Crippen LogP contribution is -2.38. The summed E-state index contributed by atoms with van der Waals surface area (Å²) in [5.74, 6) is -0.432. The minimum atomic E-state index is -3.90. The van der Waals surface area contributed by atoms with Crippen molar-refractivity contribution in [2.45, 2.75) is 11.8 Å². The van der Waals surface area contributed by atoms with E-state index in [4.69, 9.17) is 0 Å². The third-order valence-electron chi connectivity index (χ3n) is 4.05. The Morgan fingerprint density at radius 2 is 1.64 bits per heavy atom. The number of sulfonamides is 1. The maximum absolute atomic E-state index is 13.2. The number of halogens is 1. The van der Waals surface area contributed by atoms with Crippen molar-refractivity contribution in [2.75, 3.05) is 16.2 Å². The molecule has 0 heterocycles. The van der Waals surface area contributed by atoms with Crippen LogP contribution in [0.2, 0.25) is 0 Å². The molecule has 0 saturated carbocycles. The van der Waals surface area contributed by atoms with Gasteiger partial charge in [-0.25, -0.2) is 8.42 Å². The van der Waals surface area contributed by atoms with E-state index in [0.717, 1.165) is 14.3 Å². The second kappa shape index (κ2) is 8.58. The van der Waals surface area contributed by atoms with Gasteiger partial charge in [-0.2, -0.15) is 0 Å². The van der Waals surface area contributed by atoms with Gasteiger partial charge < -0.3 is 5.32 Å². The predicted molar refractivity (Wildman–Crippen MR) is 115 cm³/mol. The first kappa shape index (κ1) is 20.1. The summed E-state index contributed by atoms with van der Waals surface area (Å²) >= 11 is 3.35. The molecule has 1 N–H and O–H groups in total. The minimum absolute atomic E-state index is 0.130. The number of aryl methyl sites for hydroxylation is 1. The van der Waals surface area contributed by atoms with Crippen molar-refractivity contribution < 1.29 is 13.2 Å². The monoisotopic (exact) mass is 458 g/mol. The number of carbonyl (C=O) groups excluding carboxylic acids is 1. The van der Waals surface area contributed by atoms with Crippen LogP contribution in [0.4, 0.5) is 11.4 Å². The zero-order valence-corrected chi connectivity index (χ0v) is 17.6. The van der Waals surface area contributed by atoms with Crippen LogP contribution in [0.25, 0.3) is 0 Å². The van der Waals surface area contributed by atoms with Gasteiger partial charge in [0, 0.05) is 10.2 Å². The van der Waals surface area contributed by atoms with Crippen LogP contribution < -0.4 is 9.62 Å². The summed E-state index contributed by atoms with van der Waals surface area (Å²) in [6, 6.07) is 22.2. The molecule has 0 fully saturated rings. The average molecular weight is 459 g/mol. The summed E-state index contributed by atoms with van der Waals surface area (Å²) < 4.78 is 28.3. The number of amides is 1. The molecule has 1 amide bonds. The molecule has 0 aromatic heterocycles. The highest BCUT2D eigenvalue weighted by atomic mass is 79.9. The summed E-state index contributed by atoms with van der Waals surface area (Å²) in [6.07, 6.45) is 0. The van der Waals surface area contributed by atoms with Crippen molar-refractivity contribution in [1.29, 1.82) is 0 Å². The van der Waals surface area contributed by atoms with Crippen LogP contribution in [0.15, 0.2) is 88.2 Å². The van der Waals surface area contributed by atoms with Gasteiger partial charge in [-0.1, -0.05) is 57.9 Å². The first-order chi connectivity index (χ1) is 13.4. The fourth-order valence-electron chi connectivity index (χ4n) is 2.64. The summed E-state index contributed by atoms with van der Waals surface area (Å²) in [5, 5.41) is 2.74. The van der Waals surface area contributed by atoms with Crippen LogP contribution in [0.1, 0.15) is 5.56 Å². The Bertz CT molecular complexity index is 1070. The Morgan fingerprint density at radius 3 is 2.29 bits per heavy atom. The summed E-state index contributed by atoms with van der Waals surface area (Å²) in [4.78, 5) is 12.8. The standard InChI is InChI=1S/C21H19BrN2O3S/c1-16-10-12-19(13-11-16)24(28(26,27)20-8-3-2-4-9-20)15-21(25)23-18-7-5-6-17(22)14-18/h2-14H,15H2,1H3,(H,23,25). The van der Waals surface area contributed by atoms with Crippen molar-refractivity contribution in [3.05, 3.63) is 88.9 Å². The molecule has 0 radical (unpaired) electrons. The van der Waals surface area contributed by atoms with Gasteiger partial charge in [-0.05, 0) is 49.4 Å². The van der Waals surface area contributed by atoms with Gasteiger partial charge in [0.2, 0.25) is 5.91 Å².